The molecule has 2 heterocycles. The van der Waals surface area contributed by atoms with Crippen molar-refractivity contribution in [2.24, 2.45) is 0 Å². The van der Waals surface area contributed by atoms with E-state index in [4.69, 9.17) is 0 Å². The van der Waals surface area contributed by atoms with Gasteiger partial charge in [-0.1, -0.05) is 49.4 Å². The van der Waals surface area contributed by atoms with Gasteiger partial charge in [-0.05, 0) is 24.1 Å². The van der Waals surface area contributed by atoms with Gasteiger partial charge in [0.2, 0.25) is 0 Å². The molecule has 0 fully saturated rings. The summed E-state index contributed by atoms with van der Waals surface area (Å²) in [5, 5.41) is 8.50. The lowest BCUT2D eigenvalue weighted by atomic mass is 10.1. The molecule has 1 N–H and O–H groups in total. The summed E-state index contributed by atoms with van der Waals surface area (Å²) in [6.07, 6.45) is 3.16. The first-order chi connectivity index (χ1) is 13.7. The van der Waals surface area contributed by atoms with Gasteiger partial charge in [-0.3, -0.25) is 9.48 Å². The van der Waals surface area contributed by atoms with E-state index in [9.17, 15) is 4.79 Å². The third-order valence-electron chi connectivity index (χ3n) is 4.67. The van der Waals surface area contributed by atoms with Crippen molar-refractivity contribution in [2.45, 2.75) is 26.3 Å². The molecule has 28 heavy (non-hydrogen) atoms. The topological polar surface area (TPSA) is 59.8 Å². The number of nitrogens with one attached hydrogen (secondary N) is 1. The van der Waals surface area contributed by atoms with Crippen LogP contribution in [0.1, 0.15) is 33.5 Å². The van der Waals surface area contributed by atoms with Crippen LogP contribution in [-0.4, -0.2) is 27.2 Å². The number of benzene rings is 2. The molecule has 0 saturated heterocycles. The first kappa shape index (κ1) is 18.4. The van der Waals surface area contributed by atoms with Crippen molar-refractivity contribution in [2.75, 3.05) is 6.54 Å². The van der Waals surface area contributed by atoms with Gasteiger partial charge < -0.3 is 5.32 Å². The van der Waals surface area contributed by atoms with Crippen LogP contribution in [0, 0.1) is 0 Å². The number of hydrogen-bond donors (Lipinski definition) is 1. The van der Waals surface area contributed by atoms with Gasteiger partial charge in [-0.2, -0.15) is 5.10 Å². The van der Waals surface area contributed by atoms with Gasteiger partial charge in [0.05, 0.1) is 39.2 Å². The average Bonchev–Trinajstić information content (AvgIpc) is 3.32. The minimum Gasteiger partial charge on any atom is -0.352 e. The second-order valence-corrected chi connectivity index (χ2v) is 7.70. The molecule has 0 atom stereocenters. The summed E-state index contributed by atoms with van der Waals surface area (Å²) in [6, 6.07) is 18.3. The number of fused-ring (bicyclic) bond motifs is 1. The van der Waals surface area contributed by atoms with E-state index in [1.165, 1.54) is 10.3 Å². The lowest BCUT2D eigenvalue weighted by molar-refractivity contribution is 0.0953. The van der Waals surface area contributed by atoms with Crippen LogP contribution in [0.25, 0.3) is 10.2 Å². The third-order valence-corrected chi connectivity index (χ3v) is 5.76. The highest BCUT2D eigenvalue weighted by molar-refractivity contribution is 7.18. The second-order valence-electron chi connectivity index (χ2n) is 6.58. The van der Waals surface area contributed by atoms with Crippen LogP contribution in [0.15, 0.2) is 60.8 Å². The van der Waals surface area contributed by atoms with Crippen LogP contribution in [0.5, 0.6) is 0 Å². The van der Waals surface area contributed by atoms with E-state index >= 15 is 0 Å². The predicted octanol–water partition coefficient (Wildman–Crippen LogP) is 4.08. The van der Waals surface area contributed by atoms with Crippen LogP contribution in [0.2, 0.25) is 0 Å². The Morgan fingerprint density at radius 2 is 1.89 bits per heavy atom. The Balaban J connectivity index is 1.40. The highest BCUT2D eigenvalue weighted by Gasteiger charge is 2.16. The molecule has 0 aliphatic carbocycles. The van der Waals surface area contributed by atoms with E-state index in [0.717, 1.165) is 29.1 Å². The van der Waals surface area contributed by atoms with E-state index in [1.807, 2.05) is 41.1 Å². The Labute approximate surface area is 168 Å². The number of para-hydroxylation sites is 1. The maximum atomic E-state index is 12.7. The fourth-order valence-electron chi connectivity index (χ4n) is 3.27. The molecule has 0 bridgehead atoms. The van der Waals surface area contributed by atoms with Crippen LogP contribution < -0.4 is 5.32 Å². The zero-order valence-corrected chi connectivity index (χ0v) is 16.6. The summed E-state index contributed by atoms with van der Waals surface area (Å²) < 4.78 is 3.09. The Morgan fingerprint density at radius 3 is 2.68 bits per heavy atom. The maximum Gasteiger partial charge on any atom is 0.254 e. The SMILES string of the molecule is CCc1c(C(=O)NCCc2nc3ccccc3s2)cnn1Cc1ccccc1. The van der Waals surface area contributed by atoms with Gasteiger partial charge >= 0.3 is 0 Å². The number of carbonyl (C=O) groups is 1. The van der Waals surface area contributed by atoms with Gasteiger partial charge in [0.25, 0.3) is 5.91 Å². The summed E-state index contributed by atoms with van der Waals surface area (Å²) in [7, 11) is 0. The van der Waals surface area contributed by atoms with Crippen molar-refractivity contribution < 1.29 is 4.79 Å². The molecule has 2 aromatic heterocycles. The molecule has 2 aromatic carbocycles. The highest BCUT2D eigenvalue weighted by atomic mass is 32.1. The van der Waals surface area contributed by atoms with Crippen molar-refractivity contribution in [3.8, 4) is 0 Å². The van der Waals surface area contributed by atoms with Crippen molar-refractivity contribution >= 4 is 27.5 Å². The van der Waals surface area contributed by atoms with E-state index < -0.39 is 0 Å². The van der Waals surface area contributed by atoms with E-state index in [1.54, 1.807) is 17.5 Å². The highest BCUT2D eigenvalue weighted by Crippen LogP contribution is 2.21. The Bertz CT molecular complexity index is 1050. The molecule has 5 nitrogen and oxygen atoms in total. The smallest absolute Gasteiger partial charge is 0.254 e. The van der Waals surface area contributed by atoms with Crippen molar-refractivity contribution in [1.29, 1.82) is 0 Å². The quantitative estimate of drug-likeness (QED) is 0.517. The van der Waals surface area contributed by atoms with Crippen molar-refractivity contribution in [3.05, 3.63) is 82.6 Å². The molecule has 4 aromatic rings. The number of amides is 1. The summed E-state index contributed by atoms with van der Waals surface area (Å²) >= 11 is 1.68. The van der Waals surface area contributed by atoms with Gasteiger partial charge in [0.1, 0.15) is 0 Å². The number of thiazole rings is 1. The molecule has 0 unspecified atom stereocenters. The molecule has 142 valence electrons. The van der Waals surface area contributed by atoms with Crippen LogP contribution in [0.4, 0.5) is 0 Å². The van der Waals surface area contributed by atoms with Crippen molar-refractivity contribution in [3.63, 3.8) is 0 Å². The minimum absolute atomic E-state index is 0.0720. The Morgan fingerprint density at radius 1 is 1.11 bits per heavy atom. The maximum absolute atomic E-state index is 12.7. The minimum atomic E-state index is -0.0720. The molecule has 4 rings (SSSR count). The largest absolute Gasteiger partial charge is 0.352 e. The predicted molar refractivity (Wildman–Crippen MR) is 113 cm³/mol. The molecule has 1 amide bonds. The molecule has 0 radical (unpaired) electrons. The third kappa shape index (κ3) is 3.97. The summed E-state index contributed by atoms with van der Waals surface area (Å²) in [6.45, 7) is 3.28. The van der Waals surface area contributed by atoms with Gasteiger partial charge in [0.15, 0.2) is 0 Å². The lowest BCUT2D eigenvalue weighted by Crippen LogP contribution is -2.26. The van der Waals surface area contributed by atoms with Crippen LogP contribution >= 0.6 is 11.3 Å². The normalized spacial score (nSPS) is 11.0. The fraction of sp³-hybridized carbons (Fsp3) is 0.227. The Kier molecular flexibility index (Phi) is 5.48. The molecular formula is C22H22N4OS. The van der Waals surface area contributed by atoms with E-state index in [2.05, 4.69) is 40.5 Å². The first-order valence-electron chi connectivity index (χ1n) is 9.46. The van der Waals surface area contributed by atoms with Crippen molar-refractivity contribution in [1.82, 2.24) is 20.1 Å². The molecule has 6 heteroatoms. The first-order valence-corrected chi connectivity index (χ1v) is 10.3. The zero-order valence-electron chi connectivity index (χ0n) is 15.8. The van der Waals surface area contributed by atoms with Gasteiger partial charge in [-0.25, -0.2) is 4.98 Å². The summed E-state index contributed by atoms with van der Waals surface area (Å²) in [4.78, 5) is 17.3. The molecule has 0 spiro atoms. The number of aromatic nitrogens is 3. The second kappa shape index (κ2) is 8.35. The monoisotopic (exact) mass is 390 g/mol. The number of hydrogen-bond acceptors (Lipinski definition) is 4. The standard InChI is InChI=1S/C22H22N4OS/c1-2-19-17(14-24-26(19)15-16-8-4-3-5-9-16)22(27)23-13-12-21-25-18-10-6-7-11-20(18)28-21/h3-11,14H,2,12-13,15H2,1H3,(H,23,27). The molecule has 0 saturated carbocycles. The summed E-state index contributed by atoms with van der Waals surface area (Å²) in [5.74, 6) is -0.0720. The van der Waals surface area contributed by atoms with E-state index in [-0.39, 0.29) is 5.91 Å². The molecule has 0 aliphatic rings. The van der Waals surface area contributed by atoms with Crippen LogP contribution in [0.3, 0.4) is 0 Å². The summed E-state index contributed by atoms with van der Waals surface area (Å²) in [5.41, 5.74) is 3.80. The van der Waals surface area contributed by atoms with E-state index in [0.29, 0.717) is 18.7 Å². The zero-order chi connectivity index (χ0) is 19.3. The number of nitrogens with zero attached hydrogens (tertiary/aromatic N) is 3. The van der Waals surface area contributed by atoms with Crippen LogP contribution in [-0.2, 0) is 19.4 Å². The van der Waals surface area contributed by atoms with Gasteiger partial charge in [-0.15, -0.1) is 11.3 Å². The molecule has 0 aliphatic heterocycles. The average molecular weight is 391 g/mol. The lowest BCUT2D eigenvalue weighted by Gasteiger charge is -2.08. The fourth-order valence-corrected chi connectivity index (χ4v) is 4.24. The number of carbonyl (C=O) groups excluding carboxylic acids is 1. The molecular weight excluding hydrogens is 368 g/mol. The number of rotatable bonds is 7. The Hall–Kier alpha value is -2.99. The van der Waals surface area contributed by atoms with Gasteiger partial charge in [0, 0.05) is 13.0 Å².